The first-order valence-electron chi connectivity index (χ1n) is 8.05. The largest absolute Gasteiger partial charge is 0.0654 e. The number of allylic oxidation sites excluding steroid dienone is 4. The molecule has 2 atom stereocenters. The van der Waals surface area contributed by atoms with Crippen LogP contribution in [-0.2, 0) is 0 Å². The van der Waals surface area contributed by atoms with Gasteiger partial charge >= 0.3 is 0 Å². The minimum atomic E-state index is 0.958. The molecular formula is C18H29. The van der Waals surface area contributed by atoms with Gasteiger partial charge in [0.25, 0.3) is 0 Å². The second-order valence-electron chi connectivity index (χ2n) is 6.17. The molecule has 0 amide bonds. The Morgan fingerprint density at radius 2 is 1.50 bits per heavy atom. The van der Waals surface area contributed by atoms with Gasteiger partial charge in [0.1, 0.15) is 0 Å². The van der Waals surface area contributed by atoms with Crippen LogP contribution in [0.4, 0.5) is 0 Å². The molecule has 0 aromatic heterocycles. The molecule has 0 saturated heterocycles. The predicted molar refractivity (Wildman–Crippen MR) is 80.3 cm³/mol. The second-order valence-corrected chi connectivity index (χ2v) is 6.17. The minimum Gasteiger partial charge on any atom is -0.0654 e. The third kappa shape index (κ3) is 3.08. The van der Waals surface area contributed by atoms with Gasteiger partial charge in [-0.05, 0) is 36.7 Å². The third-order valence-corrected chi connectivity index (χ3v) is 4.62. The molecule has 101 valence electrons. The van der Waals surface area contributed by atoms with Gasteiger partial charge in [0.2, 0.25) is 0 Å². The zero-order valence-corrected chi connectivity index (χ0v) is 12.5. The van der Waals surface area contributed by atoms with Gasteiger partial charge in [-0.25, -0.2) is 0 Å². The molecule has 0 aromatic rings. The van der Waals surface area contributed by atoms with E-state index in [2.05, 4.69) is 33.3 Å². The van der Waals surface area contributed by atoms with Gasteiger partial charge in [-0.3, -0.25) is 0 Å². The summed E-state index contributed by atoms with van der Waals surface area (Å²) < 4.78 is 0. The predicted octanol–water partition coefficient (Wildman–Crippen LogP) is 5.85. The number of rotatable bonds is 6. The molecule has 2 aliphatic carbocycles. The highest BCUT2D eigenvalue weighted by atomic mass is 14.4. The summed E-state index contributed by atoms with van der Waals surface area (Å²) in [7, 11) is 0. The van der Waals surface area contributed by atoms with Gasteiger partial charge < -0.3 is 0 Å². The van der Waals surface area contributed by atoms with Crippen LogP contribution in [0.2, 0.25) is 0 Å². The van der Waals surface area contributed by atoms with Gasteiger partial charge in [-0.2, -0.15) is 0 Å². The summed E-state index contributed by atoms with van der Waals surface area (Å²) in [4.78, 5) is 0. The van der Waals surface area contributed by atoms with Crippen molar-refractivity contribution in [1.82, 2.24) is 0 Å². The van der Waals surface area contributed by atoms with Crippen molar-refractivity contribution in [2.75, 3.05) is 0 Å². The van der Waals surface area contributed by atoms with E-state index in [4.69, 9.17) is 0 Å². The van der Waals surface area contributed by atoms with Crippen LogP contribution >= 0.6 is 0 Å². The maximum Gasteiger partial charge on any atom is 0.0119 e. The van der Waals surface area contributed by atoms with Crippen LogP contribution in [0, 0.1) is 18.3 Å². The minimum absolute atomic E-state index is 0.958. The molecule has 1 radical (unpaired) electrons. The zero-order valence-electron chi connectivity index (χ0n) is 12.5. The molecule has 0 bridgehead atoms. The lowest BCUT2D eigenvalue weighted by molar-refractivity contribution is 0.273. The lowest BCUT2D eigenvalue weighted by Gasteiger charge is -2.32. The molecular weight excluding hydrogens is 216 g/mol. The summed E-state index contributed by atoms with van der Waals surface area (Å²) >= 11 is 0. The molecule has 2 rings (SSSR count). The van der Waals surface area contributed by atoms with Crippen LogP contribution in [0.15, 0.2) is 22.8 Å². The highest BCUT2D eigenvalue weighted by molar-refractivity contribution is 5.49. The van der Waals surface area contributed by atoms with Crippen LogP contribution in [0.5, 0.6) is 0 Å². The van der Waals surface area contributed by atoms with Gasteiger partial charge in [-0.15, -0.1) is 0 Å². The third-order valence-electron chi connectivity index (χ3n) is 4.62. The first-order valence-corrected chi connectivity index (χ1v) is 8.05. The molecule has 18 heavy (non-hydrogen) atoms. The Balaban J connectivity index is 2.03. The molecule has 0 heteroatoms. The molecule has 0 saturated carbocycles. The Hall–Kier alpha value is -0.520. The van der Waals surface area contributed by atoms with Crippen molar-refractivity contribution >= 4 is 0 Å². The summed E-state index contributed by atoms with van der Waals surface area (Å²) in [5.41, 5.74) is 4.96. The fourth-order valence-corrected chi connectivity index (χ4v) is 3.80. The van der Waals surface area contributed by atoms with Crippen LogP contribution in [0.1, 0.15) is 72.1 Å². The first kappa shape index (κ1) is 13.9. The maximum atomic E-state index is 2.50. The van der Waals surface area contributed by atoms with E-state index in [0.717, 1.165) is 11.8 Å². The lowest BCUT2D eigenvalue weighted by atomic mass is 9.73. The quantitative estimate of drug-likeness (QED) is 0.550. The summed E-state index contributed by atoms with van der Waals surface area (Å²) in [6.45, 7) is 6.96. The summed E-state index contributed by atoms with van der Waals surface area (Å²) in [5, 5.41) is 0. The van der Waals surface area contributed by atoms with E-state index in [1.807, 2.05) is 0 Å². The molecule has 2 unspecified atom stereocenters. The second kappa shape index (κ2) is 6.59. The van der Waals surface area contributed by atoms with Crippen molar-refractivity contribution in [3.05, 3.63) is 29.2 Å². The first-order chi connectivity index (χ1) is 8.78. The van der Waals surface area contributed by atoms with E-state index in [1.165, 1.54) is 51.4 Å². The summed E-state index contributed by atoms with van der Waals surface area (Å²) in [6.07, 6.45) is 15.8. The van der Waals surface area contributed by atoms with Crippen molar-refractivity contribution in [3.8, 4) is 0 Å². The lowest BCUT2D eigenvalue weighted by Crippen LogP contribution is -2.20. The van der Waals surface area contributed by atoms with Crippen molar-refractivity contribution in [1.29, 1.82) is 0 Å². The molecule has 0 aliphatic heterocycles. The Morgan fingerprint density at radius 1 is 0.889 bits per heavy atom. The van der Waals surface area contributed by atoms with E-state index < -0.39 is 0 Å². The average molecular weight is 245 g/mol. The molecule has 0 aromatic carbocycles. The van der Waals surface area contributed by atoms with Crippen molar-refractivity contribution in [2.24, 2.45) is 11.8 Å². The monoisotopic (exact) mass is 245 g/mol. The summed E-state index contributed by atoms with van der Waals surface area (Å²) in [6, 6.07) is 0. The Bertz CT molecular complexity index is 332. The fourth-order valence-electron chi connectivity index (χ4n) is 3.80. The van der Waals surface area contributed by atoms with Crippen LogP contribution < -0.4 is 0 Å². The van der Waals surface area contributed by atoms with Gasteiger partial charge in [0.05, 0.1) is 0 Å². The topological polar surface area (TPSA) is 0 Å². The number of hydrogen-bond acceptors (Lipinski definition) is 0. The van der Waals surface area contributed by atoms with Gasteiger partial charge in [-0.1, -0.05) is 70.1 Å². The van der Waals surface area contributed by atoms with E-state index in [-0.39, 0.29) is 0 Å². The zero-order chi connectivity index (χ0) is 13.0. The highest BCUT2D eigenvalue weighted by Crippen LogP contribution is 2.44. The van der Waals surface area contributed by atoms with Crippen molar-refractivity contribution < 1.29 is 0 Å². The van der Waals surface area contributed by atoms with Crippen LogP contribution in [0.25, 0.3) is 0 Å². The van der Waals surface area contributed by atoms with E-state index in [9.17, 15) is 0 Å². The Labute approximate surface area is 114 Å². The van der Waals surface area contributed by atoms with E-state index >= 15 is 0 Å². The number of hydrogen-bond donors (Lipinski definition) is 0. The standard InChI is InChI=1S/C18H29/c1-4-7-14-10-17-12-15(8-5-2)16(9-6-3)13-18(17)11-14/h10-11,15-16H,4-9,12-13H2,1-3H3. The summed E-state index contributed by atoms with van der Waals surface area (Å²) in [5.74, 6) is 1.92. The smallest absolute Gasteiger partial charge is 0.0119 e. The normalized spacial score (nSPS) is 27.4. The Morgan fingerprint density at radius 3 is 2.06 bits per heavy atom. The van der Waals surface area contributed by atoms with Gasteiger partial charge in [0, 0.05) is 6.42 Å². The average Bonchev–Trinajstić information content (AvgIpc) is 2.72. The van der Waals surface area contributed by atoms with Crippen LogP contribution in [0.3, 0.4) is 0 Å². The van der Waals surface area contributed by atoms with Crippen LogP contribution in [-0.4, -0.2) is 0 Å². The van der Waals surface area contributed by atoms with E-state index in [1.54, 1.807) is 16.7 Å². The highest BCUT2D eigenvalue weighted by Gasteiger charge is 2.30. The molecule has 0 fully saturated rings. The Kier molecular flexibility index (Phi) is 5.09. The molecule has 0 spiro atoms. The maximum absolute atomic E-state index is 2.50. The van der Waals surface area contributed by atoms with Gasteiger partial charge in [0.15, 0.2) is 0 Å². The molecule has 0 heterocycles. The SMILES string of the molecule is CCCC1=CC2=C([CH]1)CC(CCC)C(CCC)C2. The van der Waals surface area contributed by atoms with Crippen molar-refractivity contribution in [2.45, 2.75) is 72.1 Å². The fraction of sp³-hybridized carbons (Fsp3) is 0.722. The van der Waals surface area contributed by atoms with Crippen molar-refractivity contribution in [3.63, 3.8) is 0 Å². The van der Waals surface area contributed by atoms with E-state index in [0.29, 0.717) is 0 Å². The molecule has 0 nitrogen and oxygen atoms in total. The molecule has 2 aliphatic rings. The molecule has 0 N–H and O–H groups in total.